The standard InChI is InChI=1S/C9H11.Al/c1-7-5-4-6-8(2)9(7)3;/h4-5H,1-3H3;. The molecule has 0 aliphatic carbocycles. The summed E-state index contributed by atoms with van der Waals surface area (Å²) in [6.45, 7) is 6.47. The Morgan fingerprint density at radius 3 is 2.10 bits per heavy atom. The summed E-state index contributed by atoms with van der Waals surface area (Å²) >= 11 is 2.74. The first-order valence-electron chi connectivity index (χ1n) is 3.45. The largest absolute Gasteiger partial charge is 0.176 e. The fraction of sp³-hybridized carbons (Fsp3) is 0.333. The van der Waals surface area contributed by atoms with Gasteiger partial charge in [-0.3, -0.25) is 0 Å². The molecule has 10 heavy (non-hydrogen) atoms. The fourth-order valence-corrected chi connectivity index (χ4v) is 1.29. The van der Waals surface area contributed by atoms with E-state index in [0.29, 0.717) is 0 Å². The maximum absolute atomic E-state index is 2.74. The number of hydrogen-bond acceptors (Lipinski definition) is 0. The molecule has 0 fully saturated rings. The average Bonchev–Trinajstić information content (AvgIpc) is 1.93. The summed E-state index contributed by atoms with van der Waals surface area (Å²) in [5.41, 5.74) is 4.18. The monoisotopic (exact) mass is 146 g/mol. The lowest BCUT2D eigenvalue weighted by atomic mass is 10.1. The van der Waals surface area contributed by atoms with E-state index in [1.807, 2.05) is 0 Å². The summed E-state index contributed by atoms with van der Waals surface area (Å²) in [5.74, 6) is 0. The third-order valence-corrected chi connectivity index (χ3v) is 2.73. The second-order valence-electron chi connectivity index (χ2n) is 2.72. The Balaban J connectivity index is 3.34. The molecule has 0 unspecified atom stereocenters. The highest BCUT2D eigenvalue weighted by Gasteiger charge is 1.96. The van der Waals surface area contributed by atoms with Crippen LogP contribution in [0.4, 0.5) is 0 Å². The van der Waals surface area contributed by atoms with Crippen molar-refractivity contribution in [3.8, 4) is 0 Å². The van der Waals surface area contributed by atoms with Crippen molar-refractivity contribution < 1.29 is 0 Å². The van der Waals surface area contributed by atoms with Gasteiger partial charge in [0.15, 0.2) is 16.3 Å². The van der Waals surface area contributed by atoms with E-state index in [-0.39, 0.29) is 0 Å². The van der Waals surface area contributed by atoms with Gasteiger partial charge in [-0.15, -0.1) is 4.43 Å². The molecule has 0 aliphatic rings. The van der Waals surface area contributed by atoms with Crippen molar-refractivity contribution in [2.75, 3.05) is 0 Å². The number of aryl methyl sites for hydroxylation is 1. The summed E-state index contributed by atoms with van der Waals surface area (Å²) in [5, 5.41) is 0. The van der Waals surface area contributed by atoms with Gasteiger partial charge in [0.25, 0.3) is 0 Å². The smallest absolute Gasteiger partial charge is 0.136 e. The molecule has 1 heteroatoms. The van der Waals surface area contributed by atoms with Crippen LogP contribution in [0.2, 0.25) is 0 Å². The zero-order valence-electron chi connectivity index (χ0n) is 6.73. The van der Waals surface area contributed by atoms with Crippen LogP contribution in [0.3, 0.4) is 0 Å². The lowest BCUT2D eigenvalue weighted by Gasteiger charge is -2.07. The quantitative estimate of drug-likeness (QED) is 0.485. The Hall–Kier alpha value is -0.248. The van der Waals surface area contributed by atoms with Crippen molar-refractivity contribution in [1.29, 1.82) is 0 Å². The zero-order valence-corrected chi connectivity index (χ0v) is 7.89. The molecule has 0 spiro atoms. The van der Waals surface area contributed by atoms with Crippen LogP contribution in [0.1, 0.15) is 16.7 Å². The molecular formula is C9H11Al. The predicted octanol–water partition coefficient (Wildman–Crippen LogP) is 1.41. The van der Waals surface area contributed by atoms with Crippen molar-refractivity contribution in [2.24, 2.45) is 0 Å². The lowest BCUT2D eigenvalue weighted by molar-refractivity contribution is 1.28. The SMILES string of the molecule is Cc1cc[c]([Al])c(C)c1C. The van der Waals surface area contributed by atoms with Gasteiger partial charge in [-0.05, 0) is 31.9 Å². The molecule has 1 rings (SSSR count). The lowest BCUT2D eigenvalue weighted by Crippen LogP contribution is -2.08. The first-order valence-corrected chi connectivity index (χ1v) is 4.03. The Morgan fingerprint density at radius 1 is 1.00 bits per heavy atom. The molecule has 0 aliphatic heterocycles. The first-order chi connectivity index (χ1) is 4.63. The molecule has 0 amide bonds. The van der Waals surface area contributed by atoms with Crippen LogP contribution in [0.25, 0.3) is 0 Å². The van der Waals surface area contributed by atoms with Crippen LogP contribution in [-0.2, 0) is 0 Å². The van der Waals surface area contributed by atoms with Crippen LogP contribution < -0.4 is 4.43 Å². The fourth-order valence-electron chi connectivity index (χ4n) is 0.977. The highest BCUT2D eigenvalue weighted by atomic mass is 27.0. The van der Waals surface area contributed by atoms with E-state index in [2.05, 4.69) is 49.2 Å². The molecule has 1 aromatic rings. The number of benzene rings is 1. The van der Waals surface area contributed by atoms with Gasteiger partial charge >= 0.3 is 0 Å². The van der Waals surface area contributed by atoms with E-state index in [1.165, 1.54) is 21.1 Å². The minimum atomic E-state index is 1.31. The topological polar surface area (TPSA) is 0 Å². The van der Waals surface area contributed by atoms with Crippen LogP contribution >= 0.6 is 0 Å². The van der Waals surface area contributed by atoms with E-state index in [1.54, 1.807) is 0 Å². The molecule has 0 N–H and O–H groups in total. The Kier molecular flexibility index (Phi) is 2.18. The van der Waals surface area contributed by atoms with E-state index < -0.39 is 0 Å². The molecule has 50 valence electrons. The Bertz CT molecular complexity index is 224. The minimum absolute atomic E-state index is 1.31. The van der Waals surface area contributed by atoms with Crippen molar-refractivity contribution >= 4 is 20.7 Å². The van der Waals surface area contributed by atoms with Gasteiger partial charge in [-0.25, -0.2) is 0 Å². The summed E-state index contributed by atoms with van der Waals surface area (Å²) in [7, 11) is 0. The van der Waals surface area contributed by atoms with Gasteiger partial charge in [0, 0.05) is 0 Å². The summed E-state index contributed by atoms with van der Waals surface area (Å²) in [6, 6.07) is 4.30. The van der Waals surface area contributed by atoms with Crippen molar-refractivity contribution in [1.82, 2.24) is 0 Å². The number of rotatable bonds is 0. The molecule has 0 nitrogen and oxygen atoms in total. The maximum atomic E-state index is 2.74. The second-order valence-corrected chi connectivity index (χ2v) is 3.34. The van der Waals surface area contributed by atoms with Gasteiger partial charge in [0.2, 0.25) is 0 Å². The van der Waals surface area contributed by atoms with Crippen LogP contribution in [0, 0.1) is 20.8 Å². The molecule has 0 atom stereocenters. The van der Waals surface area contributed by atoms with Crippen LogP contribution in [-0.4, -0.2) is 16.3 Å². The highest BCUT2D eigenvalue weighted by molar-refractivity contribution is 6.33. The number of hydrogen-bond donors (Lipinski definition) is 0. The maximum Gasteiger partial charge on any atom is 0.176 e. The van der Waals surface area contributed by atoms with E-state index >= 15 is 0 Å². The third-order valence-electron chi connectivity index (χ3n) is 2.10. The minimum Gasteiger partial charge on any atom is -0.136 e. The van der Waals surface area contributed by atoms with Gasteiger partial charge in [-0.2, -0.15) is 0 Å². The van der Waals surface area contributed by atoms with Crippen molar-refractivity contribution in [3.63, 3.8) is 0 Å². The molecule has 0 saturated carbocycles. The second kappa shape index (κ2) is 2.78. The van der Waals surface area contributed by atoms with Gasteiger partial charge in [0.05, 0.1) is 0 Å². The zero-order chi connectivity index (χ0) is 7.72. The third kappa shape index (κ3) is 1.26. The molecule has 0 heterocycles. The molecular weight excluding hydrogens is 135 g/mol. The van der Waals surface area contributed by atoms with E-state index in [4.69, 9.17) is 0 Å². The normalized spacial score (nSPS) is 9.90. The van der Waals surface area contributed by atoms with Crippen LogP contribution in [0.15, 0.2) is 12.1 Å². The Labute approximate surface area is 70.7 Å². The summed E-state index contributed by atoms with van der Waals surface area (Å²) in [6.07, 6.45) is 0. The first kappa shape index (κ1) is 7.86. The van der Waals surface area contributed by atoms with Crippen molar-refractivity contribution in [3.05, 3.63) is 28.8 Å². The van der Waals surface area contributed by atoms with Gasteiger partial charge < -0.3 is 0 Å². The average molecular weight is 146 g/mol. The van der Waals surface area contributed by atoms with E-state index in [9.17, 15) is 0 Å². The molecule has 1 aromatic carbocycles. The van der Waals surface area contributed by atoms with Gasteiger partial charge in [0.1, 0.15) is 0 Å². The molecule has 0 bridgehead atoms. The van der Waals surface area contributed by atoms with E-state index in [0.717, 1.165) is 0 Å². The molecule has 2 radical (unpaired) electrons. The predicted molar refractivity (Wildman–Crippen MR) is 46.0 cm³/mol. The summed E-state index contributed by atoms with van der Waals surface area (Å²) < 4.78 is 1.31. The van der Waals surface area contributed by atoms with Crippen molar-refractivity contribution in [2.45, 2.75) is 20.8 Å². The Morgan fingerprint density at radius 2 is 1.60 bits per heavy atom. The van der Waals surface area contributed by atoms with Gasteiger partial charge in [-0.1, -0.05) is 17.7 Å². The van der Waals surface area contributed by atoms with Crippen LogP contribution in [0.5, 0.6) is 0 Å². The highest BCUT2D eigenvalue weighted by Crippen LogP contribution is 2.07. The molecule has 0 aromatic heterocycles. The summed E-state index contributed by atoms with van der Waals surface area (Å²) in [4.78, 5) is 0. The molecule has 0 saturated heterocycles.